The van der Waals surface area contributed by atoms with Gasteiger partial charge in [0.25, 0.3) is 5.91 Å². The summed E-state index contributed by atoms with van der Waals surface area (Å²) in [5.74, 6) is -0.330. The summed E-state index contributed by atoms with van der Waals surface area (Å²) in [7, 11) is 0. The van der Waals surface area contributed by atoms with Crippen molar-refractivity contribution in [3.05, 3.63) is 64.2 Å². The number of alkyl halides is 6. The van der Waals surface area contributed by atoms with E-state index in [0.29, 0.717) is 30.5 Å². The van der Waals surface area contributed by atoms with Gasteiger partial charge in [-0.3, -0.25) is 4.79 Å². The normalized spacial score (nSPS) is 18.6. The minimum absolute atomic E-state index is 0.0111. The van der Waals surface area contributed by atoms with Crippen LogP contribution in [0.3, 0.4) is 0 Å². The standard InChI is InChI=1S/C24H25F6N3O2/c1-13-7-14(2)9-15(8-13)21(34)32-19-5-3-4-6-20(19)33-22(35)31-18-11-16(23(25,26)27)10-17(12-18)24(28,29)30/h7-12,19-20H,3-6H2,1-2H3,(H,32,34)(H2,31,33,35)/t19-,20-/m1/s1. The predicted molar refractivity (Wildman–Crippen MR) is 118 cm³/mol. The third kappa shape index (κ3) is 7.12. The molecule has 0 aliphatic heterocycles. The Morgan fingerprint density at radius 3 is 1.71 bits per heavy atom. The molecule has 2 aromatic carbocycles. The summed E-state index contributed by atoms with van der Waals surface area (Å²) >= 11 is 0. The number of nitrogens with one attached hydrogen (secondary N) is 3. The second-order valence-electron chi connectivity index (χ2n) is 8.74. The van der Waals surface area contributed by atoms with E-state index in [2.05, 4.69) is 16.0 Å². The van der Waals surface area contributed by atoms with Crippen molar-refractivity contribution in [2.24, 2.45) is 0 Å². The van der Waals surface area contributed by atoms with E-state index in [1.807, 2.05) is 19.9 Å². The van der Waals surface area contributed by atoms with Gasteiger partial charge in [0, 0.05) is 17.3 Å². The van der Waals surface area contributed by atoms with Gasteiger partial charge in [0.2, 0.25) is 0 Å². The fraction of sp³-hybridized carbons (Fsp3) is 0.417. The van der Waals surface area contributed by atoms with Gasteiger partial charge < -0.3 is 16.0 Å². The number of rotatable bonds is 4. The Kier molecular flexibility index (Phi) is 7.66. The molecule has 1 fully saturated rings. The molecule has 3 rings (SSSR count). The number of benzene rings is 2. The number of hydrogen-bond donors (Lipinski definition) is 3. The maximum Gasteiger partial charge on any atom is 0.416 e. The third-order valence-electron chi connectivity index (χ3n) is 5.73. The topological polar surface area (TPSA) is 70.2 Å². The average Bonchev–Trinajstić information content (AvgIpc) is 2.73. The molecule has 1 aliphatic rings. The van der Waals surface area contributed by atoms with E-state index in [9.17, 15) is 35.9 Å². The highest BCUT2D eigenvalue weighted by Gasteiger charge is 2.37. The van der Waals surface area contributed by atoms with Crippen molar-refractivity contribution in [2.45, 2.75) is 64.0 Å². The van der Waals surface area contributed by atoms with Crippen LogP contribution < -0.4 is 16.0 Å². The van der Waals surface area contributed by atoms with Crippen LogP contribution in [0.5, 0.6) is 0 Å². The summed E-state index contributed by atoms with van der Waals surface area (Å²) in [6.45, 7) is 3.72. The maximum absolute atomic E-state index is 13.1. The quantitative estimate of drug-likeness (QED) is 0.437. The number of aryl methyl sites for hydroxylation is 2. The maximum atomic E-state index is 13.1. The summed E-state index contributed by atoms with van der Waals surface area (Å²) in [5.41, 5.74) is -1.42. The van der Waals surface area contributed by atoms with Gasteiger partial charge in [-0.2, -0.15) is 26.3 Å². The van der Waals surface area contributed by atoms with Gasteiger partial charge in [-0.05, 0) is 57.0 Å². The second-order valence-corrected chi connectivity index (χ2v) is 8.74. The first-order valence-electron chi connectivity index (χ1n) is 11.0. The molecule has 3 N–H and O–H groups in total. The van der Waals surface area contributed by atoms with Gasteiger partial charge in [-0.1, -0.05) is 30.0 Å². The Bertz CT molecular complexity index is 1050. The van der Waals surface area contributed by atoms with Gasteiger partial charge in [0.05, 0.1) is 17.2 Å². The Morgan fingerprint density at radius 1 is 0.743 bits per heavy atom. The summed E-state index contributed by atoms with van der Waals surface area (Å²) in [4.78, 5) is 25.2. The van der Waals surface area contributed by atoms with E-state index in [-0.39, 0.29) is 12.0 Å². The smallest absolute Gasteiger partial charge is 0.347 e. The van der Waals surface area contributed by atoms with Crippen LogP contribution in [0.1, 0.15) is 58.3 Å². The lowest BCUT2D eigenvalue weighted by Crippen LogP contribution is -2.54. The van der Waals surface area contributed by atoms with Crippen LogP contribution >= 0.6 is 0 Å². The van der Waals surface area contributed by atoms with E-state index in [4.69, 9.17) is 0 Å². The SMILES string of the molecule is Cc1cc(C)cc(C(=O)N[C@@H]2CCCC[C@H]2NC(=O)Nc2cc(C(F)(F)F)cc(C(F)(F)F)c2)c1. The van der Waals surface area contributed by atoms with Crippen molar-refractivity contribution in [1.29, 1.82) is 0 Å². The molecule has 0 unspecified atom stereocenters. The summed E-state index contributed by atoms with van der Waals surface area (Å²) in [6, 6.07) is 4.28. The van der Waals surface area contributed by atoms with Gasteiger partial charge in [0.15, 0.2) is 0 Å². The molecule has 190 valence electrons. The zero-order valence-corrected chi connectivity index (χ0v) is 19.0. The Labute approximate surface area is 198 Å². The predicted octanol–water partition coefficient (Wildman–Crippen LogP) is 6.20. The lowest BCUT2D eigenvalue weighted by atomic mass is 9.90. The van der Waals surface area contributed by atoms with Crippen molar-refractivity contribution < 1.29 is 35.9 Å². The number of urea groups is 1. The Hall–Kier alpha value is -3.24. The number of carbonyl (C=O) groups is 2. The van der Waals surface area contributed by atoms with Crippen molar-refractivity contribution in [3.8, 4) is 0 Å². The molecular weight excluding hydrogens is 476 g/mol. The van der Waals surface area contributed by atoms with Gasteiger partial charge in [0.1, 0.15) is 0 Å². The number of carbonyl (C=O) groups excluding carboxylic acids is 2. The lowest BCUT2D eigenvalue weighted by molar-refractivity contribution is -0.143. The molecule has 2 aromatic rings. The van der Waals surface area contributed by atoms with E-state index in [1.165, 1.54) is 0 Å². The molecule has 3 amide bonds. The monoisotopic (exact) mass is 501 g/mol. The van der Waals surface area contributed by atoms with Crippen molar-refractivity contribution in [1.82, 2.24) is 10.6 Å². The first-order valence-corrected chi connectivity index (χ1v) is 11.0. The molecule has 2 atom stereocenters. The molecule has 11 heteroatoms. The Morgan fingerprint density at radius 2 is 1.23 bits per heavy atom. The number of anilines is 1. The summed E-state index contributed by atoms with van der Waals surface area (Å²) in [5, 5.41) is 7.55. The average molecular weight is 501 g/mol. The molecule has 1 saturated carbocycles. The van der Waals surface area contributed by atoms with Crippen molar-refractivity contribution in [3.63, 3.8) is 0 Å². The highest BCUT2D eigenvalue weighted by molar-refractivity contribution is 5.95. The molecular formula is C24H25F6N3O2. The number of amides is 3. The van der Waals surface area contributed by atoms with Crippen LogP contribution in [-0.2, 0) is 12.4 Å². The van der Waals surface area contributed by atoms with Crippen LogP contribution in [0.15, 0.2) is 36.4 Å². The van der Waals surface area contributed by atoms with E-state index in [0.717, 1.165) is 24.0 Å². The van der Waals surface area contributed by atoms with Gasteiger partial charge in [-0.25, -0.2) is 4.79 Å². The summed E-state index contributed by atoms with van der Waals surface area (Å²) in [6.07, 6.45) is -7.48. The molecule has 5 nitrogen and oxygen atoms in total. The van der Waals surface area contributed by atoms with E-state index in [1.54, 1.807) is 12.1 Å². The molecule has 35 heavy (non-hydrogen) atoms. The van der Waals surface area contributed by atoms with E-state index >= 15 is 0 Å². The first kappa shape index (κ1) is 26.4. The highest BCUT2D eigenvalue weighted by atomic mass is 19.4. The fourth-order valence-electron chi connectivity index (χ4n) is 4.20. The zero-order chi connectivity index (χ0) is 26.0. The van der Waals surface area contributed by atoms with Crippen molar-refractivity contribution in [2.75, 3.05) is 5.32 Å². The molecule has 0 radical (unpaired) electrons. The van der Waals surface area contributed by atoms with E-state index < -0.39 is 47.3 Å². The minimum Gasteiger partial charge on any atom is -0.347 e. The van der Waals surface area contributed by atoms with Crippen molar-refractivity contribution >= 4 is 17.6 Å². The zero-order valence-electron chi connectivity index (χ0n) is 19.0. The molecule has 0 aromatic heterocycles. The second kappa shape index (κ2) is 10.2. The molecule has 1 aliphatic carbocycles. The van der Waals surface area contributed by atoms with Crippen LogP contribution in [0, 0.1) is 13.8 Å². The molecule has 0 bridgehead atoms. The molecule has 0 spiro atoms. The highest BCUT2D eigenvalue weighted by Crippen LogP contribution is 2.37. The first-order chi connectivity index (χ1) is 16.2. The molecule has 0 saturated heterocycles. The summed E-state index contributed by atoms with van der Waals surface area (Å²) < 4.78 is 78.4. The van der Waals surface area contributed by atoms with Crippen LogP contribution in [0.25, 0.3) is 0 Å². The number of halogens is 6. The van der Waals surface area contributed by atoms with Crippen LogP contribution in [0.2, 0.25) is 0 Å². The van der Waals surface area contributed by atoms with Crippen LogP contribution in [0.4, 0.5) is 36.8 Å². The van der Waals surface area contributed by atoms with Gasteiger partial charge >= 0.3 is 18.4 Å². The lowest BCUT2D eigenvalue weighted by Gasteiger charge is -2.33. The number of hydrogen-bond acceptors (Lipinski definition) is 2. The minimum atomic E-state index is -5.03. The fourth-order valence-corrected chi connectivity index (χ4v) is 4.20. The molecule has 0 heterocycles. The van der Waals surface area contributed by atoms with Gasteiger partial charge in [-0.15, -0.1) is 0 Å². The Balaban J connectivity index is 1.73. The third-order valence-corrected chi connectivity index (χ3v) is 5.73. The van der Waals surface area contributed by atoms with Crippen LogP contribution in [-0.4, -0.2) is 24.0 Å². The largest absolute Gasteiger partial charge is 0.416 e.